The molecule has 0 bridgehead atoms. The molecule has 0 spiro atoms. The van der Waals surface area contributed by atoms with E-state index in [2.05, 4.69) is 10.1 Å². The summed E-state index contributed by atoms with van der Waals surface area (Å²) in [4.78, 5) is 14.2. The number of aromatic amines is 1. The highest BCUT2D eigenvalue weighted by molar-refractivity contribution is 5.56. The summed E-state index contributed by atoms with van der Waals surface area (Å²) in [6, 6.07) is 3.30. The van der Waals surface area contributed by atoms with Gasteiger partial charge in [0.25, 0.3) is 0 Å². The Morgan fingerprint density at radius 3 is 2.92 bits per heavy atom. The van der Waals surface area contributed by atoms with Gasteiger partial charge in [-0.15, -0.1) is 0 Å². The van der Waals surface area contributed by atoms with Gasteiger partial charge in [0.15, 0.2) is 5.43 Å². The number of rotatable bonds is 1. The monoisotopic (exact) mass is 175 g/mol. The Bertz CT molecular complexity index is 469. The molecule has 0 amide bonds. The van der Waals surface area contributed by atoms with Crippen molar-refractivity contribution in [3.05, 3.63) is 40.9 Å². The molecule has 2 aromatic rings. The van der Waals surface area contributed by atoms with Gasteiger partial charge in [0, 0.05) is 31.7 Å². The smallest absolute Gasteiger partial charge is 0.190 e. The third-order valence-corrected chi connectivity index (χ3v) is 1.81. The van der Waals surface area contributed by atoms with Crippen LogP contribution < -0.4 is 5.43 Å². The molecule has 0 atom stereocenters. The minimum absolute atomic E-state index is 0.0162. The van der Waals surface area contributed by atoms with Gasteiger partial charge in [-0.2, -0.15) is 5.10 Å². The molecule has 0 radical (unpaired) electrons. The molecule has 0 aliphatic carbocycles. The maximum atomic E-state index is 11.4. The molecule has 1 N–H and O–H groups in total. The first-order valence-corrected chi connectivity index (χ1v) is 3.94. The van der Waals surface area contributed by atoms with Crippen LogP contribution in [0.2, 0.25) is 0 Å². The number of H-pyrrole nitrogens is 1. The molecular weight excluding hydrogens is 166 g/mol. The van der Waals surface area contributed by atoms with Crippen molar-refractivity contribution in [2.24, 2.45) is 7.05 Å². The molecule has 4 nitrogen and oxygen atoms in total. The minimum Gasteiger partial charge on any atom is -0.367 e. The second-order valence-corrected chi connectivity index (χ2v) is 2.80. The Morgan fingerprint density at radius 1 is 1.46 bits per heavy atom. The quantitative estimate of drug-likeness (QED) is 0.696. The summed E-state index contributed by atoms with van der Waals surface area (Å²) >= 11 is 0. The number of nitrogens with one attached hydrogen (secondary N) is 1. The molecule has 2 heterocycles. The zero-order valence-corrected chi connectivity index (χ0v) is 7.19. The number of nitrogens with zero attached hydrogens (tertiary/aromatic N) is 2. The lowest BCUT2D eigenvalue weighted by molar-refractivity contribution is 0.770. The summed E-state index contributed by atoms with van der Waals surface area (Å²) in [6.07, 6.45) is 5.07. The Hall–Kier alpha value is -1.84. The van der Waals surface area contributed by atoms with E-state index >= 15 is 0 Å². The summed E-state index contributed by atoms with van der Waals surface area (Å²) in [5, 5.41) is 4.14. The standard InChI is InChI=1S/C9H9N3O/c1-12-5-3-8(11-12)7-6-10-4-2-9(7)13/h2-6H,1H3,(H,10,13). The van der Waals surface area contributed by atoms with Crippen LogP contribution in [0.4, 0.5) is 0 Å². The summed E-state index contributed by atoms with van der Waals surface area (Å²) in [7, 11) is 1.82. The molecule has 0 saturated carbocycles. The molecule has 0 saturated heterocycles. The Balaban J connectivity index is 2.59. The van der Waals surface area contributed by atoms with Crippen molar-refractivity contribution in [1.82, 2.24) is 14.8 Å². The first kappa shape index (κ1) is 7.79. The molecule has 0 fully saturated rings. The minimum atomic E-state index is -0.0162. The highest BCUT2D eigenvalue weighted by atomic mass is 16.1. The molecule has 0 unspecified atom stereocenters. The van der Waals surface area contributed by atoms with Crippen molar-refractivity contribution in [3.8, 4) is 11.3 Å². The van der Waals surface area contributed by atoms with Gasteiger partial charge in [0.05, 0.1) is 11.3 Å². The van der Waals surface area contributed by atoms with E-state index in [1.807, 2.05) is 19.3 Å². The van der Waals surface area contributed by atoms with Crippen molar-refractivity contribution in [3.63, 3.8) is 0 Å². The highest BCUT2D eigenvalue weighted by Gasteiger charge is 2.03. The van der Waals surface area contributed by atoms with E-state index in [1.165, 1.54) is 6.07 Å². The molecule has 13 heavy (non-hydrogen) atoms. The van der Waals surface area contributed by atoms with Crippen molar-refractivity contribution >= 4 is 0 Å². The topological polar surface area (TPSA) is 50.7 Å². The van der Waals surface area contributed by atoms with E-state index in [0.29, 0.717) is 11.3 Å². The zero-order chi connectivity index (χ0) is 9.26. The van der Waals surface area contributed by atoms with Gasteiger partial charge in [-0.1, -0.05) is 0 Å². The van der Waals surface area contributed by atoms with Gasteiger partial charge in [-0.25, -0.2) is 0 Å². The molecule has 0 aromatic carbocycles. The summed E-state index contributed by atoms with van der Waals surface area (Å²) in [5.74, 6) is 0. The second-order valence-electron chi connectivity index (χ2n) is 2.80. The van der Waals surface area contributed by atoms with Gasteiger partial charge in [0.2, 0.25) is 0 Å². The highest BCUT2D eigenvalue weighted by Crippen LogP contribution is 2.09. The third kappa shape index (κ3) is 1.38. The Kier molecular flexibility index (Phi) is 1.73. The van der Waals surface area contributed by atoms with Crippen molar-refractivity contribution < 1.29 is 0 Å². The average molecular weight is 175 g/mol. The number of aromatic nitrogens is 3. The zero-order valence-electron chi connectivity index (χ0n) is 7.19. The maximum Gasteiger partial charge on any atom is 0.190 e. The second kappa shape index (κ2) is 2.90. The van der Waals surface area contributed by atoms with E-state index in [4.69, 9.17) is 0 Å². The van der Waals surface area contributed by atoms with Gasteiger partial charge < -0.3 is 4.98 Å². The van der Waals surface area contributed by atoms with Crippen molar-refractivity contribution in [2.75, 3.05) is 0 Å². The van der Waals surface area contributed by atoms with E-state index < -0.39 is 0 Å². The molecule has 2 aromatic heterocycles. The number of pyridine rings is 1. The van der Waals surface area contributed by atoms with Crippen LogP contribution in [0.25, 0.3) is 11.3 Å². The van der Waals surface area contributed by atoms with E-state index in [-0.39, 0.29) is 5.43 Å². The lowest BCUT2D eigenvalue weighted by Crippen LogP contribution is -2.03. The van der Waals surface area contributed by atoms with Crippen LogP contribution in [-0.4, -0.2) is 14.8 Å². The molecule has 0 aliphatic heterocycles. The third-order valence-electron chi connectivity index (χ3n) is 1.81. The summed E-state index contributed by atoms with van der Waals surface area (Å²) < 4.78 is 1.67. The number of hydrogen-bond donors (Lipinski definition) is 1. The molecule has 2 rings (SSSR count). The molecule has 4 heteroatoms. The van der Waals surface area contributed by atoms with Crippen LogP contribution in [0.3, 0.4) is 0 Å². The van der Waals surface area contributed by atoms with E-state index in [0.717, 1.165) is 0 Å². The predicted molar refractivity (Wildman–Crippen MR) is 49.3 cm³/mol. The normalized spacial score (nSPS) is 10.2. The molecule has 66 valence electrons. The van der Waals surface area contributed by atoms with Gasteiger partial charge in [0.1, 0.15) is 0 Å². The summed E-state index contributed by atoms with van der Waals surface area (Å²) in [5.41, 5.74) is 1.28. The van der Waals surface area contributed by atoms with Crippen LogP contribution in [-0.2, 0) is 7.05 Å². The first-order valence-electron chi connectivity index (χ1n) is 3.94. The maximum absolute atomic E-state index is 11.4. The van der Waals surface area contributed by atoms with Crippen molar-refractivity contribution in [1.29, 1.82) is 0 Å². The fourth-order valence-electron chi connectivity index (χ4n) is 1.18. The van der Waals surface area contributed by atoms with Crippen LogP contribution in [0.15, 0.2) is 35.5 Å². The Morgan fingerprint density at radius 2 is 2.31 bits per heavy atom. The fourth-order valence-corrected chi connectivity index (χ4v) is 1.18. The van der Waals surface area contributed by atoms with Crippen LogP contribution in [0.5, 0.6) is 0 Å². The van der Waals surface area contributed by atoms with Crippen LogP contribution in [0, 0.1) is 0 Å². The van der Waals surface area contributed by atoms with Crippen molar-refractivity contribution in [2.45, 2.75) is 0 Å². The van der Waals surface area contributed by atoms with Gasteiger partial charge >= 0.3 is 0 Å². The SMILES string of the molecule is Cn1ccc(-c2c[nH]ccc2=O)n1. The van der Waals surface area contributed by atoms with Crippen LogP contribution >= 0.6 is 0 Å². The van der Waals surface area contributed by atoms with Gasteiger partial charge in [-0.05, 0) is 6.07 Å². The molecular formula is C9H9N3O. The lowest BCUT2D eigenvalue weighted by atomic mass is 10.2. The van der Waals surface area contributed by atoms with E-state index in [9.17, 15) is 4.79 Å². The van der Waals surface area contributed by atoms with Gasteiger partial charge in [-0.3, -0.25) is 9.48 Å². The Labute approximate surface area is 74.8 Å². The number of aryl methyl sites for hydroxylation is 1. The lowest BCUT2D eigenvalue weighted by Gasteiger charge is -1.93. The predicted octanol–water partition coefficient (Wildman–Crippen LogP) is 0.775. The summed E-state index contributed by atoms with van der Waals surface area (Å²) in [6.45, 7) is 0. The van der Waals surface area contributed by atoms with Crippen LogP contribution in [0.1, 0.15) is 0 Å². The van der Waals surface area contributed by atoms with E-state index in [1.54, 1.807) is 17.1 Å². The fraction of sp³-hybridized carbons (Fsp3) is 0.111. The largest absolute Gasteiger partial charge is 0.367 e. The first-order chi connectivity index (χ1) is 6.27. The average Bonchev–Trinajstić information content (AvgIpc) is 2.53. The number of hydrogen-bond acceptors (Lipinski definition) is 2. The molecule has 0 aliphatic rings.